The molecule has 0 fully saturated rings. The lowest BCUT2D eigenvalue weighted by Gasteiger charge is -2.12. The fourth-order valence-electron chi connectivity index (χ4n) is 2.14. The normalized spacial score (nSPS) is 10.2. The van der Waals surface area contributed by atoms with E-state index in [2.05, 4.69) is 20.6 Å². The first-order chi connectivity index (χ1) is 11.6. The number of carbonyl (C=O) groups is 1. The van der Waals surface area contributed by atoms with Crippen molar-refractivity contribution in [2.45, 2.75) is 0 Å². The minimum absolute atomic E-state index is 0.363. The number of anilines is 2. The third kappa shape index (κ3) is 3.82. The first-order valence-corrected chi connectivity index (χ1v) is 7.77. The molecule has 2 amide bonds. The second-order valence-electron chi connectivity index (χ2n) is 4.84. The van der Waals surface area contributed by atoms with Gasteiger partial charge in [-0.1, -0.05) is 47.5 Å². The summed E-state index contributed by atoms with van der Waals surface area (Å²) in [4.78, 5) is 20.0. The van der Waals surface area contributed by atoms with Crippen molar-refractivity contribution in [1.29, 1.82) is 0 Å². The molecule has 0 atom stereocenters. The molecule has 2 aromatic carbocycles. The smallest absolute Gasteiger partial charge is 0.307 e. The highest BCUT2D eigenvalue weighted by molar-refractivity contribution is 6.42. The molecular formula is C17H12Cl2N4O. The van der Waals surface area contributed by atoms with Crippen LogP contribution in [0.25, 0.3) is 11.1 Å². The van der Waals surface area contributed by atoms with Crippen molar-refractivity contribution >= 4 is 40.7 Å². The highest BCUT2D eigenvalue weighted by Gasteiger charge is 2.10. The van der Waals surface area contributed by atoms with E-state index < -0.39 is 6.03 Å². The Bertz CT molecular complexity index is 871. The molecule has 0 bridgehead atoms. The van der Waals surface area contributed by atoms with E-state index in [1.807, 2.05) is 24.3 Å². The van der Waals surface area contributed by atoms with Crippen molar-refractivity contribution in [3.8, 4) is 11.1 Å². The van der Waals surface area contributed by atoms with Crippen molar-refractivity contribution in [3.05, 3.63) is 71.1 Å². The molecule has 120 valence electrons. The summed E-state index contributed by atoms with van der Waals surface area (Å²) in [5, 5.41) is 6.35. The Kier molecular flexibility index (Phi) is 4.93. The molecular weight excluding hydrogens is 347 g/mol. The van der Waals surface area contributed by atoms with Crippen LogP contribution in [0.1, 0.15) is 0 Å². The zero-order chi connectivity index (χ0) is 16.9. The van der Waals surface area contributed by atoms with E-state index in [9.17, 15) is 4.79 Å². The highest BCUT2D eigenvalue weighted by Crippen LogP contribution is 2.32. The maximum Gasteiger partial charge on any atom is 0.324 e. The number of benzene rings is 2. The second kappa shape index (κ2) is 7.29. The Morgan fingerprint density at radius 2 is 1.79 bits per heavy atom. The van der Waals surface area contributed by atoms with Gasteiger partial charge in [0.25, 0.3) is 0 Å². The quantitative estimate of drug-likeness (QED) is 0.684. The first-order valence-electron chi connectivity index (χ1n) is 7.02. The summed E-state index contributed by atoms with van der Waals surface area (Å²) in [5.41, 5.74) is 2.31. The lowest BCUT2D eigenvalue weighted by Crippen LogP contribution is -2.20. The Morgan fingerprint density at radius 3 is 2.54 bits per heavy atom. The summed E-state index contributed by atoms with van der Waals surface area (Å²) in [5.74, 6) is 0.363. The number of rotatable bonds is 3. The zero-order valence-electron chi connectivity index (χ0n) is 12.3. The minimum Gasteiger partial charge on any atom is -0.307 e. The van der Waals surface area contributed by atoms with Gasteiger partial charge in [-0.15, -0.1) is 0 Å². The molecule has 0 spiro atoms. The number of halogens is 2. The number of nitrogens with one attached hydrogen (secondary N) is 2. The van der Waals surface area contributed by atoms with Gasteiger partial charge >= 0.3 is 6.03 Å². The van der Waals surface area contributed by atoms with Gasteiger partial charge in [-0.25, -0.2) is 9.78 Å². The van der Waals surface area contributed by atoms with Crippen molar-refractivity contribution < 1.29 is 4.79 Å². The molecule has 5 nitrogen and oxygen atoms in total. The maximum absolute atomic E-state index is 12.1. The van der Waals surface area contributed by atoms with E-state index in [1.165, 1.54) is 18.6 Å². The summed E-state index contributed by atoms with van der Waals surface area (Å²) in [6.45, 7) is 0. The molecule has 24 heavy (non-hydrogen) atoms. The third-order valence-corrected chi connectivity index (χ3v) is 3.95. The minimum atomic E-state index is -0.414. The molecule has 1 heterocycles. The standard InChI is InChI=1S/C17H12Cl2N4O/c18-13-6-5-11(9-14(13)19)12-3-1-2-4-15(12)22-17(24)23-16-10-20-7-8-21-16/h1-10H,(H2,21,22,23,24). The van der Waals surface area contributed by atoms with Gasteiger partial charge in [-0.3, -0.25) is 10.3 Å². The predicted molar refractivity (Wildman–Crippen MR) is 96.6 cm³/mol. The van der Waals surface area contributed by atoms with Crippen LogP contribution in [-0.4, -0.2) is 16.0 Å². The van der Waals surface area contributed by atoms with Crippen molar-refractivity contribution in [2.75, 3.05) is 10.6 Å². The molecule has 0 aliphatic heterocycles. The Balaban J connectivity index is 1.84. The summed E-state index contributed by atoms with van der Waals surface area (Å²) >= 11 is 12.0. The molecule has 0 aliphatic rings. The van der Waals surface area contributed by atoms with Crippen LogP contribution in [0.4, 0.5) is 16.3 Å². The average molecular weight is 359 g/mol. The van der Waals surface area contributed by atoms with Gasteiger partial charge in [0.15, 0.2) is 5.82 Å². The maximum atomic E-state index is 12.1. The van der Waals surface area contributed by atoms with E-state index in [1.54, 1.807) is 18.2 Å². The van der Waals surface area contributed by atoms with Crippen molar-refractivity contribution in [1.82, 2.24) is 9.97 Å². The molecule has 3 rings (SSSR count). The van der Waals surface area contributed by atoms with Gasteiger partial charge in [0.1, 0.15) is 0 Å². The molecule has 0 saturated heterocycles. The third-order valence-electron chi connectivity index (χ3n) is 3.21. The Hall–Kier alpha value is -2.63. The van der Waals surface area contributed by atoms with Crippen LogP contribution in [0, 0.1) is 0 Å². The van der Waals surface area contributed by atoms with E-state index >= 15 is 0 Å². The van der Waals surface area contributed by atoms with Crippen molar-refractivity contribution in [2.24, 2.45) is 0 Å². The summed E-state index contributed by atoms with van der Waals surface area (Å²) in [6.07, 6.45) is 4.49. The molecule has 2 N–H and O–H groups in total. The number of hydrogen-bond acceptors (Lipinski definition) is 3. The highest BCUT2D eigenvalue weighted by atomic mass is 35.5. The SMILES string of the molecule is O=C(Nc1cnccn1)Nc1ccccc1-c1ccc(Cl)c(Cl)c1. The average Bonchev–Trinajstić information content (AvgIpc) is 2.59. The van der Waals surface area contributed by atoms with Gasteiger partial charge in [-0.05, 0) is 23.8 Å². The number of hydrogen-bond donors (Lipinski definition) is 2. The number of nitrogens with zero attached hydrogens (tertiary/aromatic N) is 2. The summed E-state index contributed by atoms with van der Waals surface area (Å²) in [7, 11) is 0. The van der Waals surface area contributed by atoms with Crippen LogP contribution >= 0.6 is 23.2 Å². The predicted octanol–water partition coefficient (Wildman–Crippen LogP) is 5.09. The molecule has 7 heteroatoms. The lowest BCUT2D eigenvalue weighted by molar-refractivity contribution is 0.262. The fraction of sp³-hybridized carbons (Fsp3) is 0. The topological polar surface area (TPSA) is 66.9 Å². The number of carbonyl (C=O) groups excluding carboxylic acids is 1. The van der Waals surface area contributed by atoms with E-state index in [4.69, 9.17) is 23.2 Å². The van der Waals surface area contributed by atoms with Crippen LogP contribution in [0.15, 0.2) is 61.1 Å². The fourth-order valence-corrected chi connectivity index (χ4v) is 2.44. The molecule has 0 saturated carbocycles. The molecule has 0 aliphatic carbocycles. The van der Waals surface area contributed by atoms with Crippen LogP contribution in [-0.2, 0) is 0 Å². The van der Waals surface area contributed by atoms with Gasteiger partial charge in [0.2, 0.25) is 0 Å². The number of para-hydroxylation sites is 1. The van der Waals surface area contributed by atoms with E-state index in [0.29, 0.717) is 21.6 Å². The van der Waals surface area contributed by atoms with Crippen molar-refractivity contribution in [3.63, 3.8) is 0 Å². The number of amides is 2. The molecule has 0 unspecified atom stereocenters. The first kappa shape index (κ1) is 16.2. The lowest BCUT2D eigenvalue weighted by atomic mass is 10.0. The zero-order valence-corrected chi connectivity index (χ0v) is 13.8. The van der Waals surface area contributed by atoms with Crippen LogP contribution < -0.4 is 10.6 Å². The van der Waals surface area contributed by atoms with Crippen LogP contribution in [0.5, 0.6) is 0 Å². The molecule has 1 aromatic heterocycles. The van der Waals surface area contributed by atoms with E-state index in [-0.39, 0.29) is 0 Å². The Labute approximate surface area is 148 Å². The summed E-state index contributed by atoms with van der Waals surface area (Å²) < 4.78 is 0. The van der Waals surface area contributed by atoms with Gasteiger partial charge < -0.3 is 5.32 Å². The van der Waals surface area contributed by atoms with Crippen LogP contribution in [0.3, 0.4) is 0 Å². The van der Waals surface area contributed by atoms with E-state index in [0.717, 1.165) is 11.1 Å². The Morgan fingerprint density at radius 1 is 0.958 bits per heavy atom. The largest absolute Gasteiger partial charge is 0.324 e. The van der Waals surface area contributed by atoms with Crippen LogP contribution in [0.2, 0.25) is 10.0 Å². The number of urea groups is 1. The summed E-state index contributed by atoms with van der Waals surface area (Å²) in [6, 6.07) is 12.3. The monoisotopic (exact) mass is 358 g/mol. The van der Waals surface area contributed by atoms with Gasteiger partial charge in [0, 0.05) is 18.0 Å². The van der Waals surface area contributed by atoms with Gasteiger partial charge in [0.05, 0.1) is 21.9 Å². The van der Waals surface area contributed by atoms with Gasteiger partial charge in [-0.2, -0.15) is 0 Å². The second-order valence-corrected chi connectivity index (χ2v) is 5.66. The number of aromatic nitrogens is 2. The molecule has 3 aromatic rings. The molecule has 0 radical (unpaired) electrons.